The van der Waals surface area contributed by atoms with Crippen molar-refractivity contribution in [3.8, 4) is 11.5 Å². The van der Waals surface area contributed by atoms with Crippen LogP contribution in [0.1, 0.15) is 23.7 Å². The average Bonchev–Trinajstić information content (AvgIpc) is 3.07. The minimum absolute atomic E-state index is 0.155. The van der Waals surface area contributed by atoms with Crippen LogP contribution in [0.3, 0.4) is 0 Å². The topological polar surface area (TPSA) is 54.6 Å². The number of aromatic nitrogens is 1. The van der Waals surface area contributed by atoms with Crippen molar-refractivity contribution in [3.63, 3.8) is 0 Å². The molecule has 0 saturated heterocycles. The van der Waals surface area contributed by atoms with Crippen molar-refractivity contribution in [2.75, 3.05) is 20.3 Å². The largest absolute Gasteiger partial charge is 0.495 e. The van der Waals surface area contributed by atoms with Crippen LogP contribution in [0, 0.1) is 0 Å². The Balaban J connectivity index is 1.51. The fourth-order valence-corrected chi connectivity index (χ4v) is 3.75. The summed E-state index contributed by atoms with van der Waals surface area (Å²) >= 11 is 0. The number of carbonyl (C=O) groups is 1. The van der Waals surface area contributed by atoms with Crippen molar-refractivity contribution in [3.05, 3.63) is 59.3 Å². The van der Waals surface area contributed by atoms with E-state index in [-0.39, 0.29) is 5.91 Å². The molecule has 0 atom stereocenters. The number of ether oxygens (including phenoxy) is 2. The van der Waals surface area contributed by atoms with E-state index in [9.17, 15) is 4.79 Å². The molecule has 1 aliphatic rings. The Morgan fingerprint density at radius 1 is 1.19 bits per heavy atom. The monoisotopic (exact) mass is 364 g/mol. The summed E-state index contributed by atoms with van der Waals surface area (Å²) in [6, 6.07) is 13.8. The van der Waals surface area contributed by atoms with Gasteiger partial charge in [0.2, 0.25) is 5.91 Å². The first-order valence-electron chi connectivity index (χ1n) is 9.35. The van der Waals surface area contributed by atoms with Crippen molar-refractivity contribution in [2.45, 2.75) is 26.3 Å². The van der Waals surface area contributed by atoms with Gasteiger partial charge in [0.15, 0.2) is 0 Å². The molecular formula is C22H24N2O3. The van der Waals surface area contributed by atoms with Gasteiger partial charge in [0.1, 0.15) is 11.5 Å². The zero-order valence-electron chi connectivity index (χ0n) is 15.7. The molecule has 1 aliphatic heterocycles. The maximum absolute atomic E-state index is 12.8. The Hall–Kier alpha value is -2.95. The fourth-order valence-electron chi connectivity index (χ4n) is 3.75. The Kier molecular flexibility index (Phi) is 4.75. The molecule has 3 aromatic rings. The molecule has 0 radical (unpaired) electrons. The SMILES string of the molecule is CCOc1ccc(CC(=O)N2CCc3[nH]c4c(OC)cccc4c3C2)cc1. The zero-order chi connectivity index (χ0) is 18.8. The number of carbonyl (C=O) groups excluding carboxylic acids is 1. The molecule has 0 fully saturated rings. The number of rotatable bonds is 5. The summed E-state index contributed by atoms with van der Waals surface area (Å²) in [5, 5.41) is 1.14. The van der Waals surface area contributed by atoms with Crippen LogP contribution in [0.15, 0.2) is 42.5 Å². The standard InChI is InChI=1S/C22H24N2O3/c1-3-27-16-9-7-15(8-10-16)13-21(25)24-12-11-19-18(14-24)17-5-4-6-20(26-2)22(17)23-19/h4-10,23H,3,11-14H2,1-2H3. The van der Waals surface area contributed by atoms with Gasteiger partial charge in [-0.2, -0.15) is 0 Å². The fraction of sp³-hybridized carbons (Fsp3) is 0.318. The van der Waals surface area contributed by atoms with Gasteiger partial charge < -0.3 is 19.4 Å². The van der Waals surface area contributed by atoms with Gasteiger partial charge in [0, 0.05) is 36.2 Å². The highest BCUT2D eigenvalue weighted by Gasteiger charge is 2.24. The number of nitrogens with zero attached hydrogens (tertiary/aromatic N) is 1. The van der Waals surface area contributed by atoms with Gasteiger partial charge >= 0.3 is 0 Å². The zero-order valence-corrected chi connectivity index (χ0v) is 15.7. The molecule has 0 bridgehead atoms. The predicted octanol–water partition coefficient (Wildman–Crippen LogP) is 3.70. The second-order valence-corrected chi connectivity index (χ2v) is 6.78. The van der Waals surface area contributed by atoms with Crippen molar-refractivity contribution >= 4 is 16.8 Å². The molecule has 1 amide bonds. The molecule has 140 valence electrons. The van der Waals surface area contributed by atoms with Crippen molar-refractivity contribution in [2.24, 2.45) is 0 Å². The molecule has 27 heavy (non-hydrogen) atoms. The van der Waals surface area contributed by atoms with Gasteiger partial charge in [-0.15, -0.1) is 0 Å². The van der Waals surface area contributed by atoms with Crippen LogP contribution in [0.2, 0.25) is 0 Å². The van der Waals surface area contributed by atoms with E-state index in [0.717, 1.165) is 40.9 Å². The van der Waals surface area contributed by atoms with Gasteiger partial charge in [0.05, 0.1) is 25.7 Å². The van der Waals surface area contributed by atoms with Gasteiger partial charge in [0.25, 0.3) is 0 Å². The van der Waals surface area contributed by atoms with Crippen LogP contribution in [0.5, 0.6) is 11.5 Å². The van der Waals surface area contributed by atoms with E-state index < -0.39 is 0 Å². The molecule has 4 rings (SSSR count). The summed E-state index contributed by atoms with van der Waals surface area (Å²) < 4.78 is 10.9. The summed E-state index contributed by atoms with van der Waals surface area (Å²) in [4.78, 5) is 18.3. The van der Waals surface area contributed by atoms with Crippen molar-refractivity contribution < 1.29 is 14.3 Å². The Morgan fingerprint density at radius 3 is 2.74 bits per heavy atom. The number of hydrogen-bond acceptors (Lipinski definition) is 3. The van der Waals surface area contributed by atoms with Crippen LogP contribution in [-0.2, 0) is 24.2 Å². The summed E-state index contributed by atoms with van der Waals surface area (Å²) in [5.74, 6) is 1.83. The molecule has 0 aliphatic carbocycles. The van der Waals surface area contributed by atoms with E-state index in [1.54, 1.807) is 7.11 Å². The van der Waals surface area contributed by atoms with E-state index in [4.69, 9.17) is 9.47 Å². The van der Waals surface area contributed by atoms with E-state index in [2.05, 4.69) is 11.1 Å². The number of nitrogens with one attached hydrogen (secondary N) is 1. The lowest BCUT2D eigenvalue weighted by Crippen LogP contribution is -2.36. The van der Waals surface area contributed by atoms with Gasteiger partial charge in [-0.3, -0.25) is 4.79 Å². The number of methoxy groups -OCH3 is 1. The number of fused-ring (bicyclic) bond motifs is 3. The van der Waals surface area contributed by atoms with Crippen LogP contribution < -0.4 is 9.47 Å². The average molecular weight is 364 g/mol. The summed E-state index contributed by atoms with van der Waals surface area (Å²) in [6.07, 6.45) is 1.25. The van der Waals surface area contributed by atoms with Gasteiger partial charge in [-0.05, 0) is 30.7 Å². The number of amides is 1. The molecule has 1 N–H and O–H groups in total. The first-order chi connectivity index (χ1) is 13.2. The van der Waals surface area contributed by atoms with E-state index >= 15 is 0 Å². The molecule has 0 unspecified atom stereocenters. The first kappa shape index (κ1) is 17.5. The summed E-state index contributed by atoms with van der Waals surface area (Å²) in [5.41, 5.74) is 4.44. The second-order valence-electron chi connectivity index (χ2n) is 6.78. The van der Waals surface area contributed by atoms with E-state index in [1.165, 1.54) is 11.3 Å². The maximum atomic E-state index is 12.8. The Bertz CT molecular complexity index is 960. The molecule has 2 heterocycles. The highest BCUT2D eigenvalue weighted by Crippen LogP contribution is 2.33. The predicted molar refractivity (Wildman–Crippen MR) is 105 cm³/mol. The van der Waals surface area contributed by atoms with Crippen LogP contribution >= 0.6 is 0 Å². The number of para-hydroxylation sites is 1. The molecule has 0 saturated carbocycles. The third kappa shape index (κ3) is 3.37. The van der Waals surface area contributed by atoms with Gasteiger partial charge in [-0.1, -0.05) is 24.3 Å². The number of aromatic amines is 1. The molecule has 5 nitrogen and oxygen atoms in total. The van der Waals surface area contributed by atoms with Gasteiger partial charge in [-0.25, -0.2) is 0 Å². The number of benzene rings is 2. The molecule has 0 spiro atoms. The summed E-state index contributed by atoms with van der Waals surface area (Å²) in [6.45, 7) is 3.97. The van der Waals surface area contributed by atoms with Crippen molar-refractivity contribution in [1.82, 2.24) is 9.88 Å². The van der Waals surface area contributed by atoms with E-state index in [1.807, 2.05) is 48.2 Å². The molecule has 1 aromatic heterocycles. The lowest BCUT2D eigenvalue weighted by Gasteiger charge is -2.27. The minimum Gasteiger partial charge on any atom is -0.495 e. The summed E-state index contributed by atoms with van der Waals surface area (Å²) in [7, 11) is 1.68. The third-order valence-electron chi connectivity index (χ3n) is 5.13. The minimum atomic E-state index is 0.155. The lowest BCUT2D eigenvalue weighted by atomic mass is 10.0. The smallest absolute Gasteiger partial charge is 0.227 e. The van der Waals surface area contributed by atoms with Crippen LogP contribution in [0.25, 0.3) is 10.9 Å². The second kappa shape index (κ2) is 7.35. The quantitative estimate of drug-likeness (QED) is 0.751. The molecular weight excluding hydrogens is 340 g/mol. The Morgan fingerprint density at radius 2 is 2.00 bits per heavy atom. The molecule has 2 aromatic carbocycles. The normalized spacial score (nSPS) is 13.5. The number of hydrogen-bond donors (Lipinski definition) is 1. The molecule has 5 heteroatoms. The van der Waals surface area contributed by atoms with E-state index in [0.29, 0.717) is 19.6 Å². The third-order valence-corrected chi connectivity index (χ3v) is 5.13. The lowest BCUT2D eigenvalue weighted by molar-refractivity contribution is -0.131. The van der Waals surface area contributed by atoms with Crippen LogP contribution in [-0.4, -0.2) is 36.1 Å². The highest BCUT2D eigenvalue weighted by atomic mass is 16.5. The number of H-pyrrole nitrogens is 1. The first-order valence-corrected chi connectivity index (χ1v) is 9.35. The maximum Gasteiger partial charge on any atom is 0.227 e. The Labute approximate surface area is 158 Å². The van der Waals surface area contributed by atoms with Crippen molar-refractivity contribution in [1.29, 1.82) is 0 Å². The van der Waals surface area contributed by atoms with Crippen LogP contribution in [0.4, 0.5) is 0 Å². The highest BCUT2D eigenvalue weighted by molar-refractivity contribution is 5.90.